The second kappa shape index (κ2) is 8.79. The molecule has 0 saturated carbocycles. The van der Waals surface area contributed by atoms with E-state index in [9.17, 15) is 0 Å². The van der Waals surface area contributed by atoms with Gasteiger partial charge in [-0.2, -0.15) is 4.98 Å². The van der Waals surface area contributed by atoms with Crippen LogP contribution < -0.4 is 20.1 Å². The van der Waals surface area contributed by atoms with Gasteiger partial charge in [0.2, 0.25) is 5.88 Å². The summed E-state index contributed by atoms with van der Waals surface area (Å²) in [7, 11) is 1.63. The summed E-state index contributed by atoms with van der Waals surface area (Å²) in [6.07, 6.45) is 1.50. The molecule has 4 rings (SSSR count). The van der Waals surface area contributed by atoms with Crippen molar-refractivity contribution in [3.63, 3.8) is 0 Å². The van der Waals surface area contributed by atoms with Gasteiger partial charge in [0.25, 0.3) is 0 Å². The molecule has 1 saturated heterocycles. The van der Waals surface area contributed by atoms with Gasteiger partial charge in [-0.05, 0) is 29.8 Å². The monoisotopic (exact) mass is 391 g/mol. The van der Waals surface area contributed by atoms with E-state index in [2.05, 4.69) is 44.0 Å². The minimum absolute atomic E-state index is 0.367. The molecule has 0 spiro atoms. The third kappa shape index (κ3) is 4.57. The molecule has 3 aromatic rings. The SMILES string of the molecule is COc1ccc(Oc2ncnc(N3CCN(Cc4ccccc4)CC3)c2N)cc1. The Bertz CT molecular complexity index is 926. The molecule has 0 unspecified atom stereocenters. The number of hydrogen-bond donors (Lipinski definition) is 1. The zero-order valence-corrected chi connectivity index (χ0v) is 16.5. The molecule has 0 amide bonds. The Morgan fingerprint density at radius 1 is 0.897 bits per heavy atom. The fourth-order valence-corrected chi connectivity index (χ4v) is 3.42. The summed E-state index contributed by atoms with van der Waals surface area (Å²) in [5, 5.41) is 0. The fourth-order valence-electron chi connectivity index (χ4n) is 3.42. The highest BCUT2D eigenvalue weighted by Gasteiger charge is 2.22. The number of aromatic nitrogens is 2. The first kappa shape index (κ1) is 19.0. The van der Waals surface area contributed by atoms with E-state index in [0.29, 0.717) is 17.3 Å². The highest BCUT2D eigenvalue weighted by atomic mass is 16.5. The second-order valence-electron chi connectivity index (χ2n) is 6.94. The summed E-state index contributed by atoms with van der Waals surface area (Å²) in [6, 6.07) is 17.8. The van der Waals surface area contributed by atoms with E-state index >= 15 is 0 Å². The topological polar surface area (TPSA) is 76.7 Å². The van der Waals surface area contributed by atoms with E-state index in [1.807, 2.05) is 30.3 Å². The zero-order chi connectivity index (χ0) is 20.1. The van der Waals surface area contributed by atoms with Crippen LogP contribution in [0.4, 0.5) is 11.5 Å². The molecule has 0 radical (unpaired) electrons. The Morgan fingerprint density at radius 3 is 2.28 bits per heavy atom. The van der Waals surface area contributed by atoms with Crippen LogP contribution in [0.2, 0.25) is 0 Å². The summed E-state index contributed by atoms with van der Waals surface area (Å²) in [5.41, 5.74) is 8.14. The van der Waals surface area contributed by atoms with Crippen LogP contribution in [0.5, 0.6) is 17.4 Å². The lowest BCUT2D eigenvalue weighted by Crippen LogP contribution is -2.46. The van der Waals surface area contributed by atoms with Crippen molar-refractivity contribution in [3.8, 4) is 17.4 Å². The maximum atomic E-state index is 6.35. The summed E-state index contributed by atoms with van der Waals surface area (Å²) >= 11 is 0. The van der Waals surface area contributed by atoms with Gasteiger partial charge >= 0.3 is 0 Å². The molecule has 0 bridgehead atoms. The first-order chi connectivity index (χ1) is 14.2. The molecule has 2 aromatic carbocycles. The zero-order valence-electron chi connectivity index (χ0n) is 16.5. The predicted octanol–water partition coefficient (Wildman–Crippen LogP) is 3.18. The van der Waals surface area contributed by atoms with Crippen molar-refractivity contribution in [2.24, 2.45) is 0 Å². The Balaban J connectivity index is 1.41. The summed E-state index contributed by atoms with van der Waals surface area (Å²) in [5.74, 6) is 2.51. The van der Waals surface area contributed by atoms with Gasteiger partial charge in [0.1, 0.15) is 23.5 Å². The number of nitrogens with zero attached hydrogens (tertiary/aromatic N) is 4. The van der Waals surface area contributed by atoms with Gasteiger partial charge in [-0.1, -0.05) is 30.3 Å². The maximum Gasteiger partial charge on any atom is 0.248 e. The largest absolute Gasteiger partial charge is 0.497 e. The van der Waals surface area contributed by atoms with E-state index in [1.54, 1.807) is 7.11 Å². The molecule has 1 fully saturated rings. The van der Waals surface area contributed by atoms with Crippen molar-refractivity contribution in [2.45, 2.75) is 6.54 Å². The minimum atomic E-state index is 0.367. The van der Waals surface area contributed by atoms with Crippen molar-refractivity contribution >= 4 is 11.5 Å². The van der Waals surface area contributed by atoms with Crippen LogP contribution in [0.25, 0.3) is 0 Å². The van der Waals surface area contributed by atoms with Crippen LogP contribution in [0, 0.1) is 0 Å². The number of benzene rings is 2. The van der Waals surface area contributed by atoms with E-state index < -0.39 is 0 Å². The lowest BCUT2D eigenvalue weighted by molar-refractivity contribution is 0.249. The van der Waals surface area contributed by atoms with E-state index in [1.165, 1.54) is 11.9 Å². The third-order valence-electron chi connectivity index (χ3n) is 5.02. The summed E-state index contributed by atoms with van der Waals surface area (Å²) in [6.45, 7) is 4.58. The van der Waals surface area contributed by atoms with Gasteiger partial charge in [-0.25, -0.2) is 4.98 Å². The Morgan fingerprint density at radius 2 is 1.59 bits per heavy atom. The minimum Gasteiger partial charge on any atom is -0.497 e. The Hall–Kier alpha value is -3.32. The first-order valence-corrected chi connectivity index (χ1v) is 9.66. The lowest BCUT2D eigenvalue weighted by atomic mass is 10.2. The molecule has 1 aliphatic heterocycles. The number of nitrogens with two attached hydrogens (primary N) is 1. The Kier molecular flexibility index (Phi) is 5.76. The molecule has 1 aromatic heterocycles. The van der Waals surface area contributed by atoms with Crippen molar-refractivity contribution < 1.29 is 9.47 Å². The lowest BCUT2D eigenvalue weighted by Gasteiger charge is -2.35. The molecule has 2 N–H and O–H groups in total. The fraction of sp³-hybridized carbons (Fsp3) is 0.273. The average Bonchev–Trinajstić information content (AvgIpc) is 2.77. The maximum absolute atomic E-state index is 6.35. The van der Waals surface area contributed by atoms with Gasteiger partial charge in [0.15, 0.2) is 5.82 Å². The van der Waals surface area contributed by atoms with Crippen molar-refractivity contribution in [2.75, 3.05) is 43.9 Å². The molecular weight excluding hydrogens is 366 g/mol. The number of piperazine rings is 1. The van der Waals surface area contributed by atoms with Crippen LogP contribution in [0.1, 0.15) is 5.56 Å². The third-order valence-corrected chi connectivity index (χ3v) is 5.02. The smallest absolute Gasteiger partial charge is 0.248 e. The van der Waals surface area contributed by atoms with Gasteiger partial charge < -0.3 is 20.1 Å². The standard InChI is InChI=1S/C22H25N5O2/c1-28-18-7-9-19(10-8-18)29-22-20(23)21(24-16-25-22)27-13-11-26(12-14-27)15-17-5-3-2-4-6-17/h2-10,16H,11-15,23H2,1H3. The normalized spacial score (nSPS) is 14.6. The molecule has 0 aliphatic carbocycles. The van der Waals surface area contributed by atoms with Crippen LogP contribution >= 0.6 is 0 Å². The van der Waals surface area contributed by atoms with E-state index in [4.69, 9.17) is 15.2 Å². The molecular formula is C22H25N5O2. The van der Waals surface area contributed by atoms with Gasteiger partial charge in [-0.3, -0.25) is 4.90 Å². The average molecular weight is 391 g/mol. The van der Waals surface area contributed by atoms with Crippen LogP contribution in [0.15, 0.2) is 60.9 Å². The van der Waals surface area contributed by atoms with E-state index in [-0.39, 0.29) is 0 Å². The second-order valence-corrected chi connectivity index (χ2v) is 6.94. The number of rotatable bonds is 6. The summed E-state index contributed by atoms with van der Waals surface area (Å²) in [4.78, 5) is 13.3. The number of hydrogen-bond acceptors (Lipinski definition) is 7. The number of ether oxygens (including phenoxy) is 2. The number of nitrogen functional groups attached to an aromatic ring is 1. The number of anilines is 2. The quantitative estimate of drug-likeness (QED) is 0.691. The molecule has 0 atom stereocenters. The highest BCUT2D eigenvalue weighted by Crippen LogP contribution is 2.32. The van der Waals surface area contributed by atoms with Crippen molar-refractivity contribution in [1.29, 1.82) is 0 Å². The number of methoxy groups -OCH3 is 1. The van der Waals surface area contributed by atoms with E-state index in [0.717, 1.165) is 44.3 Å². The van der Waals surface area contributed by atoms with Crippen molar-refractivity contribution in [1.82, 2.24) is 14.9 Å². The molecule has 7 nitrogen and oxygen atoms in total. The summed E-state index contributed by atoms with van der Waals surface area (Å²) < 4.78 is 11.0. The van der Waals surface area contributed by atoms with Crippen LogP contribution in [-0.4, -0.2) is 48.2 Å². The van der Waals surface area contributed by atoms with Gasteiger partial charge in [0.05, 0.1) is 7.11 Å². The van der Waals surface area contributed by atoms with Crippen molar-refractivity contribution in [3.05, 3.63) is 66.5 Å². The van der Waals surface area contributed by atoms with Crippen LogP contribution in [0.3, 0.4) is 0 Å². The first-order valence-electron chi connectivity index (χ1n) is 9.66. The molecule has 7 heteroatoms. The van der Waals surface area contributed by atoms with Crippen LogP contribution in [-0.2, 0) is 6.54 Å². The molecule has 29 heavy (non-hydrogen) atoms. The molecule has 1 aliphatic rings. The van der Waals surface area contributed by atoms with Gasteiger partial charge in [0, 0.05) is 32.7 Å². The Labute approximate surface area is 170 Å². The van der Waals surface area contributed by atoms with Gasteiger partial charge in [-0.15, -0.1) is 0 Å². The molecule has 150 valence electrons. The molecule has 2 heterocycles. The predicted molar refractivity (Wildman–Crippen MR) is 113 cm³/mol. The highest BCUT2D eigenvalue weighted by molar-refractivity contribution is 5.68.